The molecule has 9 nitrogen and oxygen atoms in total. The molecule has 38 heavy (non-hydrogen) atoms. The van der Waals surface area contributed by atoms with Gasteiger partial charge >= 0.3 is 0 Å². The third-order valence-electron chi connectivity index (χ3n) is 6.30. The fourth-order valence-corrected chi connectivity index (χ4v) is 4.35. The summed E-state index contributed by atoms with van der Waals surface area (Å²) in [7, 11) is 0. The fraction of sp³-hybridized carbons (Fsp3) is 0.143. The molecule has 0 atom stereocenters. The number of anilines is 1. The highest BCUT2D eigenvalue weighted by Gasteiger charge is 2.17. The number of hydrogen-bond donors (Lipinski definition) is 3. The van der Waals surface area contributed by atoms with E-state index in [1.54, 1.807) is 43.1 Å². The van der Waals surface area contributed by atoms with E-state index in [-0.39, 0.29) is 11.7 Å². The number of hydrogen-bond acceptors (Lipinski definition) is 6. The number of H-pyrrole nitrogens is 2. The van der Waals surface area contributed by atoms with Crippen molar-refractivity contribution in [3.05, 3.63) is 73.2 Å². The predicted octanol–water partition coefficient (Wildman–Crippen LogP) is 5.89. The van der Waals surface area contributed by atoms with Crippen molar-refractivity contribution in [2.45, 2.75) is 26.2 Å². The number of benzene rings is 1. The summed E-state index contributed by atoms with van der Waals surface area (Å²) in [6, 6.07) is 10.1. The number of nitrogens with zero attached hydrogens (tertiary/aromatic N) is 5. The largest absolute Gasteiger partial charge is 0.335 e. The molecule has 6 rings (SSSR count). The van der Waals surface area contributed by atoms with E-state index in [1.807, 2.05) is 12.1 Å². The van der Waals surface area contributed by atoms with E-state index in [4.69, 9.17) is 4.98 Å². The molecule has 3 N–H and O–H groups in total. The highest BCUT2D eigenvalue weighted by Crippen LogP contribution is 2.32. The molecule has 0 fully saturated rings. The minimum atomic E-state index is -0.303. The number of rotatable bonds is 7. The molecule has 0 aliphatic rings. The normalized spacial score (nSPS) is 11.3. The van der Waals surface area contributed by atoms with E-state index >= 15 is 0 Å². The fourth-order valence-electron chi connectivity index (χ4n) is 4.35. The Morgan fingerprint density at radius 3 is 2.63 bits per heavy atom. The van der Waals surface area contributed by atoms with Crippen LogP contribution in [0.1, 0.15) is 26.2 Å². The topological polar surface area (TPSA) is 125 Å². The van der Waals surface area contributed by atoms with Crippen LogP contribution in [0.4, 0.5) is 10.1 Å². The number of pyridine rings is 3. The van der Waals surface area contributed by atoms with Gasteiger partial charge in [0.1, 0.15) is 11.5 Å². The van der Waals surface area contributed by atoms with Gasteiger partial charge in [-0.25, -0.2) is 14.4 Å². The molecule has 10 heteroatoms. The number of aromatic amines is 2. The Kier molecular flexibility index (Phi) is 6.04. The quantitative estimate of drug-likeness (QED) is 0.248. The Labute approximate surface area is 216 Å². The molecule has 0 saturated heterocycles. The van der Waals surface area contributed by atoms with Crippen molar-refractivity contribution in [2.24, 2.45) is 0 Å². The number of imidazole rings is 1. The molecule has 188 valence electrons. The first kappa shape index (κ1) is 23.4. The predicted molar refractivity (Wildman–Crippen MR) is 144 cm³/mol. The highest BCUT2D eigenvalue weighted by molar-refractivity contribution is 5.97. The summed E-state index contributed by atoms with van der Waals surface area (Å²) < 4.78 is 13.5. The van der Waals surface area contributed by atoms with Gasteiger partial charge < -0.3 is 10.3 Å². The third kappa shape index (κ3) is 4.47. The second kappa shape index (κ2) is 9.81. The number of halogens is 1. The zero-order chi connectivity index (χ0) is 26.1. The van der Waals surface area contributed by atoms with Gasteiger partial charge in [0.05, 0.1) is 34.5 Å². The number of aromatic nitrogens is 7. The minimum absolute atomic E-state index is 0.0316. The van der Waals surface area contributed by atoms with E-state index in [0.717, 1.165) is 46.0 Å². The second-order valence-corrected chi connectivity index (χ2v) is 8.98. The molecule has 0 radical (unpaired) electrons. The number of amides is 1. The first-order valence-corrected chi connectivity index (χ1v) is 12.3. The van der Waals surface area contributed by atoms with Gasteiger partial charge in [0, 0.05) is 41.7 Å². The second-order valence-electron chi connectivity index (χ2n) is 8.98. The van der Waals surface area contributed by atoms with E-state index in [1.165, 1.54) is 12.1 Å². The Hall–Kier alpha value is -4.99. The summed E-state index contributed by atoms with van der Waals surface area (Å²) in [6.45, 7) is 2.05. The highest BCUT2D eigenvalue weighted by atomic mass is 19.1. The van der Waals surface area contributed by atoms with Crippen LogP contribution in [0.2, 0.25) is 0 Å². The lowest BCUT2D eigenvalue weighted by atomic mass is 10.1. The van der Waals surface area contributed by atoms with Gasteiger partial charge in [0.25, 0.3) is 0 Å². The average molecular weight is 507 g/mol. The Bertz CT molecular complexity index is 1770. The molecular weight excluding hydrogens is 483 g/mol. The maximum absolute atomic E-state index is 13.5. The molecule has 1 amide bonds. The van der Waals surface area contributed by atoms with E-state index in [2.05, 4.69) is 42.4 Å². The number of nitrogens with one attached hydrogen (secondary N) is 3. The summed E-state index contributed by atoms with van der Waals surface area (Å²) in [5.74, 6) is 0.218. The van der Waals surface area contributed by atoms with Crippen molar-refractivity contribution >= 4 is 33.7 Å². The molecule has 6 aromatic rings. The number of fused-ring (bicyclic) bond motifs is 2. The van der Waals surface area contributed by atoms with E-state index in [9.17, 15) is 9.18 Å². The van der Waals surface area contributed by atoms with Crippen LogP contribution >= 0.6 is 0 Å². The van der Waals surface area contributed by atoms with Gasteiger partial charge in [-0.3, -0.25) is 19.9 Å². The Morgan fingerprint density at radius 1 is 0.974 bits per heavy atom. The maximum Gasteiger partial charge on any atom is 0.224 e. The van der Waals surface area contributed by atoms with Crippen LogP contribution in [0.25, 0.3) is 55.8 Å². The van der Waals surface area contributed by atoms with Gasteiger partial charge in [0.2, 0.25) is 5.91 Å². The maximum atomic E-state index is 13.5. The molecule has 0 unspecified atom stereocenters. The molecular formula is C28H23FN8O. The van der Waals surface area contributed by atoms with Crippen molar-refractivity contribution in [3.63, 3.8) is 0 Å². The first-order valence-electron chi connectivity index (χ1n) is 12.3. The minimum Gasteiger partial charge on any atom is -0.335 e. The van der Waals surface area contributed by atoms with E-state index in [0.29, 0.717) is 34.8 Å². The molecule has 0 spiro atoms. The van der Waals surface area contributed by atoms with Crippen LogP contribution in [-0.2, 0) is 4.79 Å². The van der Waals surface area contributed by atoms with Crippen LogP contribution in [0.3, 0.4) is 0 Å². The standard InChI is InChI=1S/C28H23FN8O/c1-2-3-4-24(38)33-20-9-17(11-30-13-20)18-10-21-26(36-37-27(21)32-12-18)28-34-23-15-31-14-22(25(23)35-28)16-5-7-19(29)8-6-16/h5-15H,2-4H2,1H3,(H,33,38)(H,34,35)(H,32,36,37). The van der Waals surface area contributed by atoms with Crippen molar-refractivity contribution in [1.82, 2.24) is 35.1 Å². The van der Waals surface area contributed by atoms with Crippen LogP contribution < -0.4 is 5.32 Å². The van der Waals surface area contributed by atoms with Gasteiger partial charge in [-0.1, -0.05) is 25.5 Å². The lowest BCUT2D eigenvalue weighted by molar-refractivity contribution is -0.116. The van der Waals surface area contributed by atoms with Crippen LogP contribution in [0, 0.1) is 5.82 Å². The smallest absolute Gasteiger partial charge is 0.224 e. The van der Waals surface area contributed by atoms with Crippen molar-refractivity contribution in [1.29, 1.82) is 0 Å². The lowest BCUT2D eigenvalue weighted by Gasteiger charge is -2.07. The molecule has 0 bridgehead atoms. The zero-order valence-corrected chi connectivity index (χ0v) is 20.5. The summed E-state index contributed by atoms with van der Waals surface area (Å²) in [4.78, 5) is 33.5. The number of carbonyl (C=O) groups excluding carboxylic acids is 1. The van der Waals surface area contributed by atoms with Crippen molar-refractivity contribution in [3.8, 4) is 33.8 Å². The summed E-state index contributed by atoms with van der Waals surface area (Å²) in [5, 5.41) is 11.1. The summed E-state index contributed by atoms with van der Waals surface area (Å²) in [6.07, 6.45) is 10.8. The van der Waals surface area contributed by atoms with E-state index < -0.39 is 0 Å². The molecule has 1 aromatic carbocycles. The molecule has 0 aliphatic heterocycles. The number of carbonyl (C=O) groups is 1. The average Bonchev–Trinajstić information content (AvgIpc) is 3.56. The van der Waals surface area contributed by atoms with Gasteiger partial charge in [-0.15, -0.1) is 0 Å². The third-order valence-corrected chi connectivity index (χ3v) is 6.30. The first-order chi connectivity index (χ1) is 18.6. The Balaban J connectivity index is 1.37. The monoisotopic (exact) mass is 506 g/mol. The van der Waals surface area contributed by atoms with Gasteiger partial charge in [-0.2, -0.15) is 5.10 Å². The molecule has 0 aliphatic carbocycles. The summed E-state index contributed by atoms with van der Waals surface area (Å²) in [5.41, 5.74) is 6.52. The summed E-state index contributed by atoms with van der Waals surface area (Å²) >= 11 is 0. The number of unbranched alkanes of at least 4 members (excludes halogenated alkanes) is 1. The van der Waals surface area contributed by atoms with Crippen LogP contribution in [0.15, 0.2) is 67.4 Å². The van der Waals surface area contributed by atoms with Gasteiger partial charge in [0.15, 0.2) is 11.5 Å². The molecule has 0 saturated carbocycles. The van der Waals surface area contributed by atoms with Crippen LogP contribution in [-0.4, -0.2) is 41.0 Å². The van der Waals surface area contributed by atoms with Crippen molar-refractivity contribution < 1.29 is 9.18 Å². The molecule has 5 heterocycles. The SMILES string of the molecule is CCCCC(=O)Nc1cncc(-c2cnc3[nH]nc(-c4nc5c(-c6ccc(F)cc6)cncc5[nH]4)c3c2)c1. The van der Waals surface area contributed by atoms with Crippen molar-refractivity contribution in [2.75, 3.05) is 5.32 Å². The molecule has 5 aromatic heterocycles. The zero-order valence-electron chi connectivity index (χ0n) is 20.5. The van der Waals surface area contributed by atoms with Gasteiger partial charge in [-0.05, 0) is 36.2 Å². The Morgan fingerprint density at radius 2 is 1.79 bits per heavy atom. The van der Waals surface area contributed by atoms with Crippen LogP contribution in [0.5, 0.6) is 0 Å². The lowest BCUT2D eigenvalue weighted by Crippen LogP contribution is -2.11.